The molecule has 0 bridgehead atoms. The predicted molar refractivity (Wildman–Crippen MR) is 92.9 cm³/mol. The van der Waals surface area contributed by atoms with E-state index in [1.54, 1.807) is 0 Å². The van der Waals surface area contributed by atoms with Crippen LogP contribution in [-0.2, 0) is 6.42 Å². The summed E-state index contributed by atoms with van der Waals surface area (Å²) in [5.74, 6) is 0. The van der Waals surface area contributed by atoms with Gasteiger partial charge in [0.05, 0.1) is 0 Å². The maximum Gasteiger partial charge on any atom is 0.0423 e. The topological polar surface area (TPSA) is 24.9 Å². The van der Waals surface area contributed by atoms with E-state index in [-0.39, 0.29) is 6.04 Å². The Kier molecular flexibility index (Phi) is 6.22. The second kappa shape index (κ2) is 7.92. The van der Waals surface area contributed by atoms with Crippen LogP contribution in [0.5, 0.6) is 0 Å². The van der Waals surface area contributed by atoms with Crippen LogP contribution in [0, 0.1) is 6.92 Å². The molecule has 112 valence electrons. The molecule has 1 aromatic carbocycles. The summed E-state index contributed by atoms with van der Waals surface area (Å²) in [6.07, 6.45) is 3.80. The molecular formula is C17H20BrClN2. The van der Waals surface area contributed by atoms with E-state index in [0.717, 1.165) is 34.6 Å². The third kappa shape index (κ3) is 5.10. The van der Waals surface area contributed by atoms with Crippen molar-refractivity contribution in [2.24, 2.45) is 0 Å². The van der Waals surface area contributed by atoms with Crippen LogP contribution in [0.3, 0.4) is 0 Å². The molecule has 0 saturated heterocycles. The van der Waals surface area contributed by atoms with E-state index in [1.807, 2.05) is 24.4 Å². The molecule has 0 spiro atoms. The lowest BCUT2D eigenvalue weighted by molar-refractivity contribution is 0.524. The van der Waals surface area contributed by atoms with E-state index in [0.29, 0.717) is 0 Å². The molecule has 0 aliphatic carbocycles. The lowest BCUT2D eigenvalue weighted by atomic mass is 9.99. The first-order valence-corrected chi connectivity index (χ1v) is 8.36. The van der Waals surface area contributed by atoms with Gasteiger partial charge in [-0.2, -0.15) is 0 Å². The zero-order chi connectivity index (χ0) is 15.2. The van der Waals surface area contributed by atoms with E-state index >= 15 is 0 Å². The number of aromatic nitrogens is 1. The number of hydrogen-bond donors (Lipinski definition) is 1. The maximum absolute atomic E-state index is 6.20. The van der Waals surface area contributed by atoms with Crippen LogP contribution in [0.2, 0.25) is 5.02 Å². The van der Waals surface area contributed by atoms with Gasteiger partial charge in [-0.3, -0.25) is 4.98 Å². The monoisotopic (exact) mass is 366 g/mol. The minimum absolute atomic E-state index is 0.232. The van der Waals surface area contributed by atoms with Crippen molar-refractivity contribution < 1.29 is 0 Å². The number of hydrogen-bond acceptors (Lipinski definition) is 2. The molecule has 2 aromatic rings. The van der Waals surface area contributed by atoms with Gasteiger partial charge in [0, 0.05) is 33.8 Å². The number of benzene rings is 1. The Balaban J connectivity index is 2.22. The van der Waals surface area contributed by atoms with Gasteiger partial charge in [0.1, 0.15) is 0 Å². The first-order chi connectivity index (χ1) is 10.1. The highest BCUT2D eigenvalue weighted by Crippen LogP contribution is 2.23. The summed E-state index contributed by atoms with van der Waals surface area (Å²) in [5, 5.41) is 4.38. The molecule has 1 unspecified atom stereocenters. The second-order valence-electron chi connectivity index (χ2n) is 5.24. The van der Waals surface area contributed by atoms with E-state index in [4.69, 9.17) is 11.6 Å². The average Bonchev–Trinajstić information content (AvgIpc) is 2.44. The zero-order valence-electron chi connectivity index (χ0n) is 12.4. The fourth-order valence-electron chi connectivity index (χ4n) is 2.33. The molecule has 0 fully saturated rings. The number of aryl methyl sites for hydroxylation is 1. The molecule has 0 aliphatic heterocycles. The molecule has 1 N–H and O–H groups in total. The van der Waals surface area contributed by atoms with Gasteiger partial charge in [-0.05, 0) is 71.2 Å². The van der Waals surface area contributed by atoms with Gasteiger partial charge in [0.2, 0.25) is 0 Å². The van der Waals surface area contributed by atoms with Crippen LogP contribution in [0.1, 0.15) is 36.2 Å². The van der Waals surface area contributed by atoms with Gasteiger partial charge < -0.3 is 5.32 Å². The summed E-state index contributed by atoms with van der Waals surface area (Å²) < 4.78 is 1.00. The zero-order valence-corrected chi connectivity index (χ0v) is 14.7. The number of rotatable bonds is 6. The van der Waals surface area contributed by atoms with Gasteiger partial charge in [0.25, 0.3) is 0 Å². The van der Waals surface area contributed by atoms with Crippen molar-refractivity contribution in [3.63, 3.8) is 0 Å². The fourth-order valence-corrected chi connectivity index (χ4v) is 2.86. The Morgan fingerprint density at radius 1 is 1.29 bits per heavy atom. The van der Waals surface area contributed by atoms with Crippen molar-refractivity contribution in [2.45, 2.75) is 32.7 Å². The summed E-state index contributed by atoms with van der Waals surface area (Å²) in [6, 6.07) is 10.5. The Morgan fingerprint density at radius 3 is 2.71 bits per heavy atom. The third-order valence-corrected chi connectivity index (χ3v) is 4.00. The van der Waals surface area contributed by atoms with E-state index < -0.39 is 0 Å². The predicted octanol–water partition coefficient (Wildman–Crippen LogP) is 5.09. The Morgan fingerprint density at radius 2 is 2.10 bits per heavy atom. The van der Waals surface area contributed by atoms with Crippen LogP contribution in [0.15, 0.2) is 41.0 Å². The van der Waals surface area contributed by atoms with Crippen LogP contribution in [0.4, 0.5) is 0 Å². The van der Waals surface area contributed by atoms with Crippen molar-refractivity contribution in [2.75, 3.05) is 6.54 Å². The van der Waals surface area contributed by atoms with Crippen molar-refractivity contribution in [3.8, 4) is 0 Å². The minimum Gasteiger partial charge on any atom is -0.310 e. The maximum atomic E-state index is 6.20. The molecule has 0 aliphatic rings. The SMILES string of the molecule is CCCNC(Cc1ccc(Br)cn1)c1cc(C)cc(Cl)c1. The summed E-state index contributed by atoms with van der Waals surface area (Å²) >= 11 is 9.62. The van der Waals surface area contributed by atoms with Crippen molar-refractivity contribution >= 4 is 27.5 Å². The highest BCUT2D eigenvalue weighted by atomic mass is 79.9. The average molecular weight is 368 g/mol. The molecule has 0 radical (unpaired) electrons. The Bertz CT molecular complexity index is 564. The molecular weight excluding hydrogens is 348 g/mol. The van der Waals surface area contributed by atoms with Crippen LogP contribution >= 0.6 is 27.5 Å². The van der Waals surface area contributed by atoms with Crippen molar-refractivity contribution in [1.29, 1.82) is 0 Å². The van der Waals surface area contributed by atoms with Crippen LogP contribution in [0.25, 0.3) is 0 Å². The number of nitrogens with zero attached hydrogens (tertiary/aromatic N) is 1. The molecule has 21 heavy (non-hydrogen) atoms. The first kappa shape index (κ1) is 16.5. The first-order valence-electron chi connectivity index (χ1n) is 7.19. The molecule has 0 saturated carbocycles. The van der Waals surface area contributed by atoms with Crippen molar-refractivity contribution in [3.05, 3.63) is 62.8 Å². The van der Waals surface area contributed by atoms with E-state index in [1.165, 1.54) is 11.1 Å². The van der Waals surface area contributed by atoms with Crippen LogP contribution in [-0.4, -0.2) is 11.5 Å². The largest absolute Gasteiger partial charge is 0.310 e. The number of halogens is 2. The van der Waals surface area contributed by atoms with Gasteiger partial charge in [0.15, 0.2) is 0 Å². The summed E-state index contributed by atoms with van der Waals surface area (Å²) in [6.45, 7) is 5.22. The molecule has 1 aromatic heterocycles. The summed E-state index contributed by atoms with van der Waals surface area (Å²) in [4.78, 5) is 4.48. The van der Waals surface area contributed by atoms with Gasteiger partial charge >= 0.3 is 0 Å². The Hall–Kier alpha value is -0.900. The molecule has 1 atom stereocenters. The van der Waals surface area contributed by atoms with E-state index in [2.05, 4.69) is 52.2 Å². The van der Waals surface area contributed by atoms with E-state index in [9.17, 15) is 0 Å². The summed E-state index contributed by atoms with van der Waals surface area (Å²) in [7, 11) is 0. The second-order valence-corrected chi connectivity index (χ2v) is 6.59. The quantitative estimate of drug-likeness (QED) is 0.769. The summed E-state index contributed by atoms with van der Waals surface area (Å²) in [5.41, 5.74) is 3.48. The highest BCUT2D eigenvalue weighted by molar-refractivity contribution is 9.10. The lowest BCUT2D eigenvalue weighted by Crippen LogP contribution is -2.24. The lowest BCUT2D eigenvalue weighted by Gasteiger charge is -2.19. The molecule has 2 nitrogen and oxygen atoms in total. The molecule has 1 heterocycles. The van der Waals surface area contributed by atoms with Gasteiger partial charge in [-0.15, -0.1) is 0 Å². The van der Waals surface area contributed by atoms with Crippen molar-refractivity contribution in [1.82, 2.24) is 10.3 Å². The molecule has 4 heteroatoms. The van der Waals surface area contributed by atoms with Gasteiger partial charge in [-0.25, -0.2) is 0 Å². The molecule has 2 rings (SSSR count). The van der Waals surface area contributed by atoms with Gasteiger partial charge in [-0.1, -0.05) is 24.6 Å². The number of pyridine rings is 1. The fraction of sp³-hybridized carbons (Fsp3) is 0.353. The third-order valence-electron chi connectivity index (χ3n) is 3.31. The normalized spacial score (nSPS) is 12.4. The van der Waals surface area contributed by atoms with Crippen LogP contribution < -0.4 is 5.32 Å². The number of nitrogens with one attached hydrogen (secondary N) is 1. The smallest absolute Gasteiger partial charge is 0.0423 e. The standard InChI is InChI=1S/C17H20BrClN2/c1-3-6-20-17(10-16-5-4-14(18)11-21-16)13-7-12(2)8-15(19)9-13/h4-5,7-9,11,17,20H,3,6,10H2,1-2H3. The molecule has 0 amide bonds. The Labute approximate surface area is 140 Å². The minimum atomic E-state index is 0.232. The highest BCUT2D eigenvalue weighted by Gasteiger charge is 2.13.